The highest BCUT2D eigenvalue weighted by atomic mass is 19.1. The second kappa shape index (κ2) is 5.79. The smallest absolute Gasteiger partial charge is 0.305 e. The summed E-state index contributed by atoms with van der Waals surface area (Å²) in [5, 5.41) is 8.68. The quantitative estimate of drug-likeness (QED) is 0.902. The molecule has 2 rings (SSSR count). The molecule has 2 aromatic carbocycles. The van der Waals surface area contributed by atoms with Crippen LogP contribution >= 0.6 is 0 Å². The van der Waals surface area contributed by atoms with E-state index < -0.39 is 23.6 Å². The van der Waals surface area contributed by atoms with E-state index in [4.69, 9.17) is 10.8 Å². The molecule has 0 aliphatic rings. The Morgan fingerprint density at radius 3 is 2.35 bits per heavy atom. The summed E-state index contributed by atoms with van der Waals surface area (Å²) < 4.78 is 26.5. The van der Waals surface area contributed by atoms with Crippen LogP contribution in [-0.4, -0.2) is 11.1 Å². The van der Waals surface area contributed by atoms with Crippen LogP contribution < -0.4 is 5.73 Å². The minimum atomic E-state index is -0.980. The van der Waals surface area contributed by atoms with E-state index in [2.05, 4.69) is 0 Å². The lowest BCUT2D eigenvalue weighted by atomic mass is 9.99. The largest absolute Gasteiger partial charge is 0.481 e. The van der Waals surface area contributed by atoms with E-state index in [1.54, 1.807) is 24.3 Å². The van der Waals surface area contributed by atoms with E-state index >= 15 is 0 Å². The first-order chi connectivity index (χ1) is 9.47. The summed E-state index contributed by atoms with van der Waals surface area (Å²) in [6, 6.07) is 9.30. The van der Waals surface area contributed by atoms with Crippen molar-refractivity contribution < 1.29 is 18.7 Å². The Kier molecular flexibility index (Phi) is 4.10. The van der Waals surface area contributed by atoms with Crippen LogP contribution in [0.5, 0.6) is 0 Å². The highest BCUT2D eigenvalue weighted by molar-refractivity contribution is 5.68. The second-order valence-electron chi connectivity index (χ2n) is 4.45. The molecule has 3 N–H and O–H groups in total. The van der Waals surface area contributed by atoms with Crippen molar-refractivity contribution in [2.24, 2.45) is 5.73 Å². The van der Waals surface area contributed by atoms with Gasteiger partial charge in [0, 0.05) is 17.7 Å². The van der Waals surface area contributed by atoms with E-state index in [1.807, 2.05) is 0 Å². The first kappa shape index (κ1) is 14.1. The zero-order valence-electron chi connectivity index (χ0n) is 10.5. The van der Waals surface area contributed by atoms with Crippen LogP contribution in [0.15, 0.2) is 42.5 Å². The van der Waals surface area contributed by atoms with Gasteiger partial charge < -0.3 is 10.8 Å². The standard InChI is InChI=1S/C15H13F2NO2/c16-11-5-6-12(13(17)7-11)9-1-3-10(4-2-9)14(18)8-15(19)20/h1-7,14H,8,18H2,(H,19,20)/t14-/m0/s1. The molecule has 0 saturated carbocycles. The number of carboxylic acids is 1. The molecular formula is C15H13F2NO2. The maximum Gasteiger partial charge on any atom is 0.305 e. The van der Waals surface area contributed by atoms with E-state index in [1.165, 1.54) is 12.1 Å². The van der Waals surface area contributed by atoms with Gasteiger partial charge >= 0.3 is 5.97 Å². The lowest BCUT2D eigenvalue weighted by molar-refractivity contribution is -0.137. The van der Waals surface area contributed by atoms with Gasteiger partial charge in [0.2, 0.25) is 0 Å². The van der Waals surface area contributed by atoms with E-state index in [-0.39, 0.29) is 12.0 Å². The Bertz CT molecular complexity index is 626. The molecule has 104 valence electrons. The molecule has 0 heterocycles. The minimum absolute atomic E-state index is 0.176. The van der Waals surface area contributed by atoms with Gasteiger partial charge in [-0.1, -0.05) is 24.3 Å². The minimum Gasteiger partial charge on any atom is -0.481 e. The van der Waals surface area contributed by atoms with Crippen molar-refractivity contribution in [1.82, 2.24) is 0 Å². The van der Waals surface area contributed by atoms with E-state index in [9.17, 15) is 13.6 Å². The van der Waals surface area contributed by atoms with Crippen molar-refractivity contribution in [2.75, 3.05) is 0 Å². The Labute approximate surface area is 114 Å². The van der Waals surface area contributed by atoms with Gasteiger partial charge in [0.05, 0.1) is 6.42 Å². The molecule has 0 bridgehead atoms. The summed E-state index contributed by atoms with van der Waals surface area (Å²) in [4.78, 5) is 10.6. The Morgan fingerprint density at radius 2 is 1.80 bits per heavy atom. The maximum absolute atomic E-state index is 13.6. The van der Waals surface area contributed by atoms with Crippen molar-refractivity contribution in [3.63, 3.8) is 0 Å². The predicted octanol–water partition coefficient (Wildman–Crippen LogP) is 3.11. The number of halogens is 2. The number of nitrogens with two attached hydrogens (primary N) is 1. The molecule has 0 amide bonds. The highest BCUT2D eigenvalue weighted by Crippen LogP contribution is 2.25. The third-order valence-corrected chi connectivity index (χ3v) is 2.98. The predicted molar refractivity (Wildman–Crippen MR) is 71.0 cm³/mol. The Balaban J connectivity index is 2.25. The Hall–Kier alpha value is -2.27. The lowest BCUT2D eigenvalue weighted by Gasteiger charge is -2.10. The number of hydrogen-bond donors (Lipinski definition) is 2. The van der Waals surface area contributed by atoms with Gasteiger partial charge in [0.1, 0.15) is 11.6 Å². The number of benzene rings is 2. The van der Waals surface area contributed by atoms with Gasteiger partial charge in [-0.15, -0.1) is 0 Å². The first-order valence-electron chi connectivity index (χ1n) is 6.00. The number of carboxylic acid groups (broad SMARTS) is 1. The summed E-state index contributed by atoms with van der Waals surface area (Å²) >= 11 is 0. The van der Waals surface area contributed by atoms with Gasteiger partial charge in [-0.05, 0) is 23.3 Å². The number of rotatable bonds is 4. The molecule has 20 heavy (non-hydrogen) atoms. The number of hydrogen-bond acceptors (Lipinski definition) is 2. The van der Waals surface area contributed by atoms with Crippen molar-refractivity contribution >= 4 is 5.97 Å². The normalized spacial score (nSPS) is 12.2. The van der Waals surface area contributed by atoms with Crippen LogP contribution in [0, 0.1) is 11.6 Å². The summed E-state index contributed by atoms with van der Waals surface area (Å²) in [6.45, 7) is 0. The molecule has 5 heteroatoms. The molecule has 2 aromatic rings. The molecule has 0 radical (unpaired) electrons. The maximum atomic E-state index is 13.6. The van der Waals surface area contributed by atoms with E-state index in [0.29, 0.717) is 11.1 Å². The average Bonchev–Trinajstić information content (AvgIpc) is 2.38. The van der Waals surface area contributed by atoms with E-state index in [0.717, 1.165) is 6.07 Å². The molecular weight excluding hydrogens is 264 g/mol. The van der Waals surface area contributed by atoms with Gasteiger partial charge in [-0.2, -0.15) is 0 Å². The van der Waals surface area contributed by atoms with Crippen LogP contribution in [0.2, 0.25) is 0 Å². The van der Waals surface area contributed by atoms with Crippen LogP contribution in [0.3, 0.4) is 0 Å². The topological polar surface area (TPSA) is 63.3 Å². The molecule has 0 aliphatic heterocycles. The van der Waals surface area contributed by atoms with Crippen LogP contribution in [-0.2, 0) is 4.79 Å². The highest BCUT2D eigenvalue weighted by Gasteiger charge is 2.11. The van der Waals surface area contributed by atoms with Crippen molar-refractivity contribution in [3.05, 3.63) is 59.7 Å². The SMILES string of the molecule is N[C@@H](CC(=O)O)c1ccc(-c2ccc(F)cc2F)cc1. The molecule has 0 unspecified atom stereocenters. The van der Waals surface area contributed by atoms with Crippen LogP contribution in [0.4, 0.5) is 8.78 Å². The summed E-state index contributed by atoms with van der Waals surface area (Å²) in [5.41, 5.74) is 7.24. The first-order valence-corrected chi connectivity index (χ1v) is 6.00. The summed E-state index contributed by atoms with van der Waals surface area (Å²) in [5.74, 6) is -2.26. The third kappa shape index (κ3) is 3.19. The fourth-order valence-corrected chi connectivity index (χ4v) is 1.94. The van der Waals surface area contributed by atoms with Crippen LogP contribution in [0.1, 0.15) is 18.0 Å². The third-order valence-electron chi connectivity index (χ3n) is 2.98. The molecule has 3 nitrogen and oxygen atoms in total. The molecule has 0 spiro atoms. The van der Waals surface area contributed by atoms with Gasteiger partial charge in [0.15, 0.2) is 0 Å². The average molecular weight is 277 g/mol. The number of carbonyl (C=O) groups is 1. The molecule has 0 aromatic heterocycles. The van der Waals surface area contributed by atoms with Crippen molar-refractivity contribution in [3.8, 4) is 11.1 Å². The number of aliphatic carboxylic acids is 1. The zero-order valence-corrected chi connectivity index (χ0v) is 10.5. The fourth-order valence-electron chi connectivity index (χ4n) is 1.94. The van der Waals surface area contributed by atoms with Crippen LogP contribution in [0.25, 0.3) is 11.1 Å². The molecule has 1 atom stereocenters. The molecule has 0 aliphatic carbocycles. The van der Waals surface area contributed by atoms with Gasteiger partial charge in [-0.3, -0.25) is 4.79 Å². The second-order valence-corrected chi connectivity index (χ2v) is 4.45. The lowest BCUT2D eigenvalue weighted by Crippen LogP contribution is -2.14. The summed E-state index contributed by atoms with van der Waals surface area (Å²) in [6.07, 6.45) is -0.176. The summed E-state index contributed by atoms with van der Waals surface area (Å²) in [7, 11) is 0. The van der Waals surface area contributed by atoms with Crippen molar-refractivity contribution in [1.29, 1.82) is 0 Å². The monoisotopic (exact) mass is 277 g/mol. The molecule has 0 fully saturated rings. The zero-order chi connectivity index (χ0) is 14.7. The molecule has 0 saturated heterocycles. The van der Waals surface area contributed by atoms with Gasteiger partial charge in [-0.25, -0.2) is 8.78 Å². The van der Waals surface area contributed by atoms with Crippen molar-refractivity contribution in [2.45, 2.75) is 12.5 Å². The Morgan fingerprint density at radius 1 is 1.15 bits per heavy atom. The fraction of sp³-hybridized carbons (Fsp3) is 0.133. The van der Waals surface area contributed by atoms with Gasteiger partial charge in [0.25, 0.3) is 0 Å².